The van der Waals surface area contributed by atoms with Gasteiger partial charge in [0.2, 0.25) is 5.95 Å². The molecule has 6 heteroatoms. The lowest BCUT2D eigenvalue weighted by molar-refractivity contribution is 0.102. The van der Waals surface area contributed by atoms with Gasteiger partial charge in [0.15, 0.2) is 0 Å². The summed E-state index contributed by atoms with van der Waals surface area (Å²) in [6, 6.07) is 16.1. The molecule has 2 N–H and O–H groups in total. The molecule has 126 valence electrons. The molecule has 0 bridgehead atoms. The van der Waals surface area contributed by atoms with Crippen LogP contribution in [0, 0.1) is 5.82 Å². The molecule has 0 atom stereocenters. The van der Waals surface area contributed by atoms with Crippen molar-refractivity contribution < 1.29 is 9.18 Å². The normalized spacial score (nSPS) is 10.3. The van der Waals surface area contributed by atoms with Crippen molar-refractivity contribution in [3.63, 3.8) is 0 Å². The molecular formula is C19H17FN4O. The number of para-hydroxylation sites is 1. The number of amides is 1. The van der Waals surface area contributed by atoms with Crippen LogP contribution in [0.15, 0.2) is 67.0 Å². The van der Waals surface area contributed by atoms with Crippen molar-refractivity contribution in [1.29, 1.82) is 0 Å². The van der Waals surface area contributed by atoms with Gasteiger partial charge in [-0.3, -0.25) is 4.79 Å². The van der Waals surface area contributed by atoms with E-state index in [1.807, 2.05) is 18.2 Å². The molecule has 2 aromatic carbocycles. The Morgan fingerprint density at radius 3 is 2.36 bits per heavy atom. The zero-order valence-electron chi connectivity index (χ0n) is 13.4. The number of hydrogen-bond donors (Lipinski definition) is 2. The van der Waals surface area contributed by atoms with Gasteiger partial charge in [0.05, 0.1) is 11.3 Å². The third kappa shape index (κ3) is 4.60. The average molecular weight is 336 g/mol. The third-order valence-electron chi connectivity index (χ3n) is 3.58. The number of aromatic nitrogens is 2. The quantitative estimate of drug-likeness (QED) is 0.723. The second-order valence-electron chi connectivity index (χ2n) is 5.39. The van der Waals surface area contributed by atoms with Gasteiger partial charge in [0.1, 0.15) is 5.82 Å². The summed E-state index contributed by atoms with van der Waals surface area (Å²) >= 11 is 0. The van der Waals surface area contributed by atoms with Crippen LogP contribution in [0.1, 0.15) is 15.9 Å². The number of anilines is 2. The summed E-state index contributed by atoms with van der Waals surface area (Å²) in [4.78, 5) is 20.3. The second kappa shape index (κ2) is 8.01. The van der Waals surface area contributed by atoms with Crippen molar-refractivity contribution in [2.45, 2.75) is 6.42 Å². The molecule has 0 spiro atoms. The maximum atomic E-state index is 13.6. The Labute approximate surface area is 145 Å². The minimum atomic E-state index is -0.490. The molecule has 5 nitrogen and oxygen atoms in total. The molecule has 0 saturated carbocycles. The van der Waals surface area contributed by atoms with Gasteiger partial charge in [-0.05, 0) is 24.1 Å². The average Bonchev–Trinajstić information content (AvgIpc) is 2.65. The number of halogens is 1. The number of carbonyl (C=O) groups is 1. The Morgan fingerprint density at radius 2 is 1.64 bits per heavy atom. The van der Waals surface area contributed by atoms with E-state index in [4.69, 9.17) is 0 Å². The maximum absolute atomic E-state index is 13.6. The number of benzene rings is 2. The van der Waals surface area contributed by atoms with Gasteiger partial charge in [0.25, 0.3) is 5.91 Å². The second-order valence-corrected chi connectivity index (χ2v) is 5.39. The zero-order chi connectivity index (χ0) is 17.5. The largest absolute Gasteiger partial charge is 0.354 e. The molecule has 0 aliphatic rings. The van der Waals surface area contributed by atoms with E-state index < -0.39 is 11.7 Å². The summed E-state index contributed by atoms with van der Waals surface area (Å²) in [6.45, 7) is 0.685. The van der Waals surface area contributed by atoms with E-state index in [-0.39, 0.29) is 11.3 Å². The fourth-order valence-electron chi connectivity index (χ4n) is 2.26. The first-order chi connectivity index (χ1) is 12.2. The summed E-state index contributed by atoms with van der Waals surface area (Å²) in [5, 5.41) is 5.60. The molecule has 0 saturated heterocycles. The first kappa shape index (κ1) is 16.6. The Morgan fingerprint density at radius 1 is 0.960 bits per heavy atom. The van der Waals surface area contributed by atoms with Gasteiger partial charge in [-0.1, -0.05) is 42.5 Å². The highest BCUT2D eigenvalue weighted by Gasteiger charge is 2.10. The first-order valence-corrected chi connectivity index (χ1v) is 7.88. The predicted octanol–water partition coefficient (Wildman–Crippen LogP) is 3.52. The molecule has 0 unspecified atom stereocenters. The molecule has 1 amide bonds. The van der Waals surface area contributed by atoms with Crippen molar-refractivity contribution >= 4 is 17.5 Å². The SMILES string of the molecule is O=C(Nc1ccccc1F)c1cnc(NCCc2ccccc2)nc1. The lowest BCUT2D eigenvalue weighted by Gasteiger charge is -2.07. The Kier molecular flexibility index (Phi) is 5.31. The summed E-state index contributed by atoms with van der Waals surface area (Å²) < 4.78 is 13.6. The Balaban J connectivity index is 1.54. The van der Waals surface area contributed by atoms with E-state index in [1.165, 1.54) is 30.1 Å². The molecule has 0 aliphatic heterocycles. The summed E-state index contributed by atoms with van der Waals surface area (Å²) in [6.07, 6.45) is 3.67. The molecule has 1 heterocycles. The van der Waals surface area contributed by atoms with Crippen LogP contribution in [0.4, 0.5) is 16.0 Å². The fourth-order valence-corrected chi connectivity index (χ4v) is 2.26. The van der Waals surface area contributed by atoms with Crippen LogP contribution in [-0.4, -0.2) is 22.4 Å². The maximum Gasteiger partial charge on any atom is 0.258 e. The minimum Gasteiger partial charge on any atom is -0.354 e. The van der Waals surface area contributed by atoms with E-state index in [2.05, 4.69) is 32.7 Å². The third-order valence-corrected chi connectivity index (χ3v) is 3.58. The van der Waals surface area contributed by atoms with Crippen LogP contribution in [0.2, 0.25) is 0 Å². The topological polar surface area (TPSA) is 66.9 Å². The smallest absolute Gasteiger partial charge is 0.258 e. The monoisotopic (exact) mass is 336 g/mol. The lowest BCUT2D eigenvalue weighted by Crippen LogP contribution is -2.14. The van der Waals surface area contributed by atoms with Crippen LogP contribution in [0.3, 0.4) is 0 Å². The van der Waals surface area contributed by atoms with Gasteiger partial charge in [-0.15, -0.1) is 0 Å². The number of carbonyl (C=O) groups excluding carboxylic acids is 1. The molecular weight excluding hydrogens is 319 g/mol. The summed E-state index contributed by atoms with van der Waals surface area (Å²) in [5.41, 5.74) is 1.60. The minimum absolute atomic E-state index is 0.123. The van der Waals surface area contributed by atoms with E-state index in [1.54, 1.807) is 12.1 Å². The van der Waals surface area contributed by atoms with Crippen LogP contribution >= 0.6 is 0 Å². The van der Waals surface area contributed by atoms with Crippen molar-refractivity contribution in [3.8, 4) is 0 Å². The van der Waals surface area contributed by atoms with Crippen LogP contribution in [0.25, 0.3) is 0 Å². The van der Waals surface area contributed by atoms with Gasteiger partial charge in [-0.2, -0.15) is 0 Å². The van der Waals surface area contributed by atoms with Crippen LogP contribution in [-0.2, 0) is 6.42 Å². The zero-order valence-corrected chi connectivity index (χ0v) is 13.4. The van der Waals surface area contributed by atoms with Crippen LogP contribution in [0.5, 0.6) is 0 Å². The summed E-state index contributed by atoms with van der Waals surface area (Å²) in [5.74, 6) is -0.504. The molecule has 3 rings (SSSR count). The molecule has 0 radical (unpaired) electrons. The highest BCUT2D eigenvalue weighted by molar-refractivity contribution is 6.03. The van der Waals surface area contributed by atoms with Crippen molar-refractivity contribution in [2.75, 3.05) is 17.2 Å². The fraction of sp³-hybridized carbons (Fsp3) is 0.105. The summed E-state index contributed by atoms with van der Waals surface area (Å²) in [7, 11) is 0. The first-order valence-electron chi connectivity index (χ1n) is 7.88. The molecule has 0 fully saturated rings. The van der Waals surface area contributed by atoms with Crippen LogP contribution < -0.4 is 10.6 Å². The highest BCUT2D eigenvalue weighted by Crippen LogP contribution is 2.13. The number of nitrogens with one attached hydrogen (secondary N) is 2. The Bertz CT molecular complexity index is 838. The standard InChI is InChI=1S/C19H17FN4O/c20-16-8-4-5-9-17(16)24-18(25)15-12-22-19(23-13-15)21-11-10-14-6-2-1-3-7-14/h1-9,12-13H,10-11H2,(H,24,25)(H,21,22,23). The van der Waals surface area contributed by atoms with E-state index in [9.17, 15) is 9.18 Å². The van der Waals surface area contributed by atoms with Gasteiger partial charge in [-0.25, -0.2) is 14.4 Å². The molecule has 0 aliphatic carbocycles. The number of rotatable bonds is 6. The van der Waals surface area contributed by atoms with Gasteiger partial charge < -0.3 is 10.6 Å². The molecule has 3 aromatic rings. The molecule has 1 aromatic heterocycles. The van der Waals surface area contributed by atoms with Crippen molar-refractivity contribution in [1.82, 2.24) is 9.97 Å². The highest BCUT2D eigenvalue weighted by atomic mass is 19.1. The van der Waals surface area contributed by atoms with E-state index >= 15 is 0 Å². The van der Waals surface area contributed by atoms with Gasteiger partial charge in [0, 0.05) is 18.9 Å². The number of hydrogen-bond acceptors (Lipinski definition) is 4. The van der Waals surface area contributed by atoms with Crippen molar-refractivity contribution in [3.05, 3.63) is 83.9 Å². The lowest BCUT2D eigenvalue weighted by atomic mass is 10.1. The van der Waals surface area contributed by atoms with Gasteiger partial charge >= 0.3 is 0 Å². The molecule has 25 heavy (non-hydrogen) atoms. The van der Waals surface area contributed by atoms with E-state index in [0.717, 1.165) is 6.42 Å². The number of nitrogens with zero attached hydrogens (tertiary/aromatic N) is 2. The van der Waals surface area contributed by atoms with Crippen molar-refractivity contribution in [2.24, 2.45) is 0 Å². The van der Waals surface area contributed by atoms with E-state index in [0.29, 0.717) is 12.5 Å². The Hall–Kier alpha value is -3.28. The predicted molar refractivity (Wildman–Crippen MR) is 95.0 cm³/mol.